The van der Waals surface area contributed by atoms with Crippen LogP contribution in [0, 0.1) is 0 Å². The fraction of sp³-hybridized carbons (Fsp3) is 0.545. The van der Waals surface area contributed by atoms with Crippen molar-refractivity contribution in [2.45, 2.75) is 59.3 Å². The number of unbranched alkanes of at least 4 members (excludes halogenated alkanes) is 3. The second-order valence-electron chi connectivity index (χ2n) is 6.72. The van der Waals surface area contributed by atoms with E-state index in [1.807, 2.05) is 20.8 Å². The van der Waals surface area contributed by atoms with E-state index in [-0.39, 0.29) is 36.5 Å². The Morgan fingerprint density at radius 2 is 0.933 bits per heavy atom. The Morgan fingerprint density at radius 1 is 0.633 bits per heavy atom. The van der Waals surface area contributed by atoms with Gasteiger partial charge in [-0.15, -0.1) is 0 Å². The van der Waals surface area contributed by atoms with Crippen molar-refractivity contribution in [1.82, 2.24) is 0 Å². The van der Waals surface area contributed by atoms with E-state index in [0.717, 1.165) is 31.4 Å². The highest BCUT2D eigenvalue weighted by Crippen LogP contribution is 2.21. The van der Waals surface area contributed by atoms with E-state index in [9.17, 15) is 24.3 Å². The van der Waals surface area contributed by atoms with Crippen LogP contribution < -0.4 is 0 Å². The predicted octanol–water partition coefficient (Wildman–Crippen LogP) is 4.26. The van der Waals surface area contributed by atoms with Crippen LogP contribution in [0.5, 0.6) is 0 Å². The van der Waals surface area contributed by atoms with Crippen LogP contribution in [0.15, 0.2) is 12.1 Å². The normalized spacial score (nSPS) is 10.4. The molecule has 0 spiro atoms. The van der Waals surface area contributed by atoms with Gasteiger partial charge in [-0.05, 0) is 31.4 Å². The molecule has 1 rings (SSSR count). The Balaban J connectivity index is 3.36. The number of rotatable bonds is 13. The van der Waals surface area contributed by atoms with Crippen molar-refractivity contribution in [3.05, 3.63) is 34.4 Å². The summed E-state index contributed by atoms with van der Waals surface area (Å²) in [5.41, 5.74) is -1.23. The molecule has 0 saturated heterocycles. The molecule has 0 aliphatic rings. The summed E-state index contributed by atoms with van der Waals surface area (Å²) in [7, 11) is 0. The van der Waals surface area contributed by atoms with Crippen molar-refractivity contribution in [2.24, 2.45) is 0 Å². The summed E-state index contributed by atoms with van der Waals surface area (Å²) in [6.45, 7) is 6.15. The summed E-state index contributed by atoms with van der Waals surface area (Å²) in [5.74, 6) is -3.98. The zero-order chi connectivity index (χ0) is 22.5. The molecule has 1 N–H and O–H groups in total. The smallest absolute Gasteiger partial charge is 0.339 e. The van der Waals surface area contributed by atoms with Crippen molar-refractivity contribution in [3.63, 3.8) is 0 Å². The van der Waals surface area contributed by atoms with E-state index in [0.29, 0.717) is 19.3 Å². The minimum absolute atomic E-state index is 0.117. The molecule has 166 valence electrons. The quantitative estimate of drug-likeness (QED) is 0.285. The third-order valence-electron chi connectivity index (χ3n) is 4.24. The molecule has 30 heavy (non-hydrogen) atoms. The fourth-order valence-corrected chi connectivity index (χ4v) is 2.44. The number of esters is 3. The molecule has 0 atom stereocenters. The molecule has 1 aromatic rings. The van der Waals surface area contributed by atoms with Crippen LogP contribution in [0.3, 0.4) is 0 Å². The second-order valence-corrected chi connectivity index (χ2v) is 6.72. The monoisotopic (exact) mass is 422 g/mol. The Morgan fingerprint density at radius 3 is 1.23 bits per heavy atom. The Hall–Kier alpha value is -2.90. The lowest BCUT2D eigenvalue weighted by Crippen LogP contribution is -2.20. The van der Waals surface area contributed by atoms with Crippen LogP contribution >= 0.6 is 0 Å². The van der Waals surface area contributed by atoms with Crippen molar-refractivity contribution in [3.8, 4) is 0 Å². The number of benzene rings is 1. The maximum Gasteiger partial charge on any atom is 0.339 e. The lowest BCUT2D eigenvalue weighted by molar-refractivity contribution is 0.0447. The van der Waals surface area contributed by atoms with Gasteiger partial charge in [0.05, 0.1) is 42.1 Å². The largest absolute Gasteiger partial charge is 0.478 e. The summed E-state index contributed by atoms with van der Waals surface area (Å²) >= 11 is 0. The number of aromatic carboxylic acids is 1. The number of hydrogen-bond donors (Lipinski definition) is 1. The Bertz CT molecular complexity index is 754. The first-order valence-corrected chi connectivity index (χ1v) is 10.3. The maximum atomic E-state index is 12.6. The number of hydrogen-bond acceptors (Lipinski definition) is 7. The Labute approximate surface area is 176 Å². The average Bonchev–Trinajstić information content (AvgIpc) is 2.72. The standard InChI is InChI=1S/C22H30O8/c1-4-7-10-28-20(25)16-14-18(22(27)30-12-9-6-3)17(13-15(16)19(23)24)21(26)29-11-8-5-2/h13-14H,4-12H2,1-3H3,(H,23,24). The van der Waals surface area contributed by atoms with Crippen molar-refractivity contribution >= 4 is 23.9 Å². The van der Waals surface area contributed by atoms with Gasteiger partial charge in [0.1, 0.15) is 0 Å². The molecule has 0 aromatic heterocycles. The first kappa shape index (κ1) is 25.1. The summed E-state index contributed by atoms with van der Waals surface area (Å²) in [4.78, 5) is 49.2. The van der Waals surface area contributed by atoms with Gasteiger partial charge >= 0.3 is 23.9 Å². The Kier molecular flexibility index (Phi) is 11.2. The van der Waals surface area contributed by atoms with Gasteiger partial charge in [0.25, 0.3) is 0 Å². The molecule has 0 heterocycles. The molecule has 0 fully saturated rings. The van der Waals surface area contributed by atoms with Crippen LogP contribution in [-0.4, -0.2) is 48.8 Å². The van der Waals surface area contributed by atoms with E-state index >= 15 is 0 Å². The average molecular weight is 422 g/mol. The molecule has 8 heteroatoms. The van der Waals surface area contributed by atoms with E-state index in [1.165, 1.54) is 0 Å². The number of ether oxygens (including phenoxy) is 3. The lowest BCUT2D eigenvalue weighted by atomic mass is 9.98. The first-order chi connectivity index (χ1) is 14.4. The van der Waals surface area contributed by atoms with Gasteiger partial charge in [-0.1, -0.05) is 40.0 Å². The topological polar surface area (TPSA) is 116 Å². The van der Waals surface area contributed by atoms with Crippen molar-refractivity contribution < 1.29 is 38.5 Å². The molecule has 1 aromatic carbocycles. The molecule has 0 saturated carbocycles. The number of carboxylic acid groups (broad SMARTS) is 1. The molecule has 0 bridgehead atoms. The van der Waals surface area contributed by atoms with E-state index in [2.05, 4.69) is 0 Å². The van der Waals surface area contributed by atoms with Gasteiger partial charge in [-0.2, -0.15) is 0 Å². The van der Waals surface area contributed by atoms with Crippen LogP contribution in [-0.2, 0) is 14.2 Å². The summed E-state index contributed by atoms with van der Waals surface area (Å²) in [6.07, 6.45) is 4.24. The number of carbonyl (C=O) groups is 4. The van der Waals surface area contributed by atoms with Gasteiger partial charge < -0.3 is 19.3 Å². The molecule has 8 nitrogen and oxygen atoms in total. The number of carbonyl (C=O) groups excluding carboxylic acids is 3. The molecule has 0 radical (unpaired) electrons. The zero-order valence-corrected chi connectivity index (χ0v) is 17.8. The predicted molar refractivity (Wildman–Crippen MR) is 109 cm³/mol. The van der Waals surface area contributed by atoms with Gasteiger partial charge in [0.15, 0.2) is 0 Å². The van der Waals surface area contributed by atoms with E-state index in [4.69, 9.17) is 14.2 Å². The first-order valence-electron chi connectivity index (χ1n) is 10.3. The summed E-state index contributed by atoms with van der Waals surface area (Å²) in [6, 6.07) is 2.02. The SMILES string of the molecule is CCCCOC(=O)c1cc(C(=O)OCCCC)c(C(=O)OCCCC)cc1C(=O)O. The lowest BCUT2D eigenvalue weighted by Gasteiger charge is -2.14. The zero-order valence-electron chi connectivity index (χ0n) is 17.8. The highest BCUT2D eigenvalue weighted by Gasteiger charge is 2.28. The van der Waals surface area contributed by atoms with Crippen LogP contribution in [0.4, 0.5) is 0 Å². The van der Waals surface area contributed by atoms with Crippen molar-refractivity contribution in [2.75, 3.05) is 19.8 Å². The van der Waals surface area contributed by atoms with Crippen LogP contribution in [0.1, 0.15) is 101 Å². The van der Waals surface area contributed by atoms with E-state index < -0.39 is 29.4 Å². The van der Waals surface area contributed by atoms with Crippen LogP contribution in [0.25, 0.3) is 0 Å². The summed E-state index contributed by atoms with van der Waals surface area (Å²) < 4.78 is 15.4. The van der Waals surface area contributed by atoms with Gasteiger partial charge in [0.2, 0.25) is 0 Å². The second kappa shape index (κ2) is 13.3. The molecule has 0 aliphatic heterocycles. The fourth-order valence-electron chi connectivity index (χ4n) is 2.44. The minimum Gasteiger partial charge on any atom is -0.478 e. The highest BCUT2D eigenvalue weighted by atomic mass is 16.5. The molecule has 0 unspecified atom stereocenters. The number of carboxylic acids is 1. The molecular formula is C22H30O8. The highest BCUT2D eigenvalue weighted by molar-refractivity contribution is 6.10. The molecule has 0 aliphatic carbocycles. The van der Waals surface area contributed by atoms with E-state index in [1.54, 1.807) is 0 Å². The van der Waals surface area contributed by atoms with Crippen molar-refractivity contribution in [1.29, 1.82) is 0 Å². The maximum absolute atomic E-state index is 12.6. The molecular weight excluding hydrogens is 392 g/mol. The van der Waals surface area contributed by atoms with Crippen LogP contribution in [0.2, 0.25) is 0 Å². The minimum atomic E-state index is -1.43. The third-order valence-corrected chi connectivity index (χ3v) is 4.24. The summed E-state index contributed by atoms with van der Waals surface area (Å²) in [5, 5.41) is 9.53. The van der Waals surface area contributed by atoms with Gasteiger partial charge in [0, 0.05) is 0 Å². The molecule has 0 amide bonds. The van der Waals surface area contributed by atoms with Gasteiger partial charge in [-0.3, -0.25) is 0 Å². The van der Waals surface area contributed by atoms with Gasteiger partial charge in [-0.25, -0.2) is 19.2 Å². The third kappa shape index (κ3) is 7.50.